The number of hydrogen-bond donors (Lipinski definition) is 4. The Morgan fingerprint density at radius 2 is 1.85 bits per heavy atom. The molecule has 39 heavy (non-hydrogen) atoms. The van der Waals surface area contributed by atoms with Crippen LogP contribution in [0.2, 0.25) is 0 Å². The van der Waals surface area contributed by atoms with Crippen LogP contribution in [0.25, 0.3) is 0 Å². The number of aliphatic hydroxyl groups is 1. The SMILES string of the molecule is CCC(C)[C@H]1OC(=O)[C@H](C)[C@H](O)[C@H](Cc2cccnc2)NC(=O)[C@@H](NC(=O)c2ncccc2O)[C@@H](C)OC1=O. The predicted molar refractivity (Wildman–Crippen MR) is 137 cm³/mol. The Balaban J connectivity index is 2.00. The molecule has 2 aromatic rings. The molecule has 4 N–H and O–H groups in total. The van der Waals surface area contributed by atoms with Gasteiger partial charge in [0.05, 0.1) is 18.1 Å². The molecular weight excluding hydrogens is 508 g/mol. The van der Waals surface area contributed by atoms with Gasteiger partial charge in [-0.3, -0.25) is 19.4 Å². The van der Waals surface area contributed by atoms with Crippen molar-refractivity contribution in [2.24, 2.45) is 11.8 Å². The lowest BCUT2D eigenvalue weighted by molar-refractivity contribution is -0.180. The number of nitrogens with zero attached hydrogens (tertiary/aromatic N) is 2. The van der Waals surface area contributed by atoms with Gasteiger partial charge in [0.2, 0.25) is 12.0 Å². The van der Waals surface area contributed by atoms with Gasteiger partial charge in [0.25, 0.3) is 5.91 Å². The maximum atomic E-state index is 13.6. The van der Waals surface area contributed by atoms with Crippen molar-refractivity contribution in [3.8, 4) is 5.75 Å². The second-order valence-electron chi connectivity index (χ2n) is 9.67. The normalized spacial score (nSPS) is 27.2. The van der Waals surface area contributed by atoms with Crippen molar-refractivity contribution in [2.75, 3.05) is 0 Å². The first-order valence-electron chi connectivity index (χ1n) is 12.8. The summed E-state index contributed by atoms with van der Waals surface area (Å²) in [5.41, 5.74) is 0.340. The summed E-state index contributed by atoms with van der Waals surface area (Å²) in [5.74, 6) is -5.35. The number of ether oxygens (including phenoxy) is 2. The number of carbonyl (C=O) groups is 4. The summed E-state index contributed by atoms with van der Waals surface area (Å²) < 4.78 is 11.0. The van der Waals surface area contributed by atoms with Gasteiger partial charge in [0.15, 0.2) is 5.69 Å². The van der Waals surface area contributed by atoms with Crippen LogP contribution >= 0.6 is 0 Å². The molecule has 210 valence electrons. The molecule has 0 radical (unpaired) electrons. The number of carbonyl (C=O) groups excluding carboxylic acids is 4. The smallest absolute Gasteiger partial charge is 0.348 e. The van der Waals surface area contributed by atoms with Crippen LogP contribution in [0.4, 0.5) is 0 Å². The number of cyclic esters (lactones) is 2. The van der Waals surface area contributed by atoms with Crippen molar-refractivity contribution in [3.63, 3.8) is 0 Å². The fourth-order valence-corrected chi connectivity index (χ4v) is 4.13. The van der Waals surface area contributed by atoms with Crippen LogP contribution in [0, 0.1) is 11.8 Å². The van der Waals surface area contributed by atoms with E-state index in [1.807, 2.05) is 6.92 Å². The second-order valence-corrected chi connectivity index (χ2v) is 9.67. The standard InChI is InChI=1S/C27H34N4O8/c1-5-14(2)23-27(37)38-16(4)20(31-25(35)21-19(32)9-7-11-29-21)24(34)30-18(12-17-8-6-10-28-13-17)22(33)15(3)26(36)39-23/h6-11,13-16,18,20,22-23,32-33H,5,12H2,1-4H3,(H,30,34)(H,31,35)/t14?,15-,16-,18+,20+,22+,23-/m1/s1. The van der Waals surface area contributed by atoms with E-state index >= 15 is 0 Å². The number of rotatable bonds is 6. The predicted octanol–water partition coefficient (Wildman–Crippen LogP) is 0.908. The highest BCUT2D eigenvalue weighted by Gasteiger charge is 2.41. The molecule has 2 aromatic heterocycles. The van der Waals surface area contributed by atoms with Gasteiger partial charge in [0, 0.05) is 24.5 Å². The van der Waals surface area contributed by atoms with Crippen LogP contribution in [-0.2, 0) is 30.3 Å². The minimum atomic E-state index is -1.45. The van der Waals surface area contributed by atoms with Crippen LogP contribution in [-0.4, -0.2) is 74.3 Å². The van der Waals surface area contributed by atoms with Crippen LogP contribution < -0.4 is 10.6 Å². The van der Waals surface area contributed by atoms with Crippen LogP contribution in [0.5, 0.6) is 5.75 Å². The summed E-state index contributed by atoms with van der Waals surface area (Å²) in [6, 6.07) is 3.68. The number of pyridine rings is 2. The molecule has 1 unspecified atom stereocenters. The molecule has 12 nitrogen and oxygen atoms in total. The fourth-order valence-electron chi connectivity index (χ4n) is 4.13. The van der Waals surface area contributed by atoms with Gasteiger partial charge in [-0.05, 0) is 50.5 Å². The molecule has 1 aliphatic rings. The van der Waals surface area contributed by atoms with Crippen molar-refractivity contribution < 1.29 is 38.9 Å². The largest absolute Gasteiger partial charge is 0.505 e. The zero-order chi connectivity index (χ0) is 28.7. The van der Waals surface area contributed by atoms with E-state index in [4.69, 9.17) is 9.47 Å². The molecule has 0 bridgehead atoms. The van der Waals surface area contributed by atoms with Crippen molar-refractivity contribution in [2.45, 2.75) is 70.9 Å². The third kappa shape index (κ3) is 7.29. The van der Waals surface area contributed by atoms with Gasteiger partial charge in [0.1, 0.15) is 17.9 Å². The number of hydrogen-bond acceptors (Lipinski definition) is 10. The van der Waals surface area contributed by atoms with Gasteiger partial charge >= 0.3 is 11.9 Å². The number of aromatic hydroxyl groups is 1. The molecule has 1 aliphatic heterocycles. The van der Waals surface area contributed by atoms with Gasteiger partial charge in [-0.25, -0.2) is 9.78 Å². The quantitative estimate of drug-likeness (QED) is 0.384. The first kappa shape index (κ1) is 29.5. The number of esters is 2. The minimum Gasteiger partial charge on any atom is -0.505 e. The van der Waals surface area contributed by atoms with Crippen LogP contribution in [0.15, 0.2) is 42.9 Å². The van der Waals surface area contributed by atoms with Crippen molar-refractivity contribution in [1.29, 1.82) is 0 Å². The van der Waals surface area contributed by atoms with E-state index in [1.54, 1.807) is 31.5 Å². The summed E-state index contributed by atoms with van der Waals surface area (Å²) >= 11 is 0. The van der Waals surface area contributed by atoms with Gasteiger partial charge in [-0.15, -0.1) is 0 Å². The molecule has 7 atom stereocenters. The lowest BCUT2D eigenvalue weighted by Crippen LogP contribution is -2.59. The van der Waals surface area contributed by atoms with Gasteiger partial charge in [-0.1, -0.05) is 19.9 Å². The maximum absolute atomic E-state index is 13.6. The Hall–Kier alpha value is -4.06. The summed E-state index contributed by atoms with van der Waals surface area (Å²) in [5, 5.41) is 26.4. The highest BCUT2D eigenvalue weighted by atomic mass is 16.6. The second kappa shape index (κ2) is 13.1. The third-order valence-corrected chi connectivity index (χ3v) is 6.78. The van der Waals surface area contributed by atoms with E-state index in [-0.39, 0.29) is 12.1 Å². The van der Waals surface area contributed by atoms with Crippen molar-refractivity contribution in [3.05, 3.63) is 54.1 Å². The molecule has 0 aromatic carbocycles. The van der Waals surface area contributed by atoms with E-state index < -0.39 is 71.7 Å². The van der Waals surface area contributed by atoms with Crippen molar-refractivity contribution >= 4 is 23.8 Å². The molecule has 0 saturated carbocycles. The molecule has 0 aliphatic carbocycles. The topological polar surface area (TPSA) is 177 Å². The highest BCUT2D eigenvalue weighted by molar-refractivity contribution is 5.98. The van der Waals surface area contributed by atoms with Crippen molar-refractivity contribution in [1.82, 2.24) is 20.6 Å². The Morgan fingerprint density at radius 1 is 1.13 bits per heavy atom. The Labute approximate surface area is 226 Å². The molecule has 1 fully saturated rings. The third-order valence-electron chi connectivity index (χ3n) is 6.78. The molecule has 2 amide bonds. The highest BCUT2D eigenvalue weighted by Crippen LogP contribution is 2.22. The van der Waals surface area contributed by atoms with E-state index in [9.17, 15) is 29.4 Å². The van der Waals surface area contributed by atoms with E-state index in [0.29, 0.717) is 12.0 Å². The number of aliphatic hydroxyl groups excluding tert-OH is 1. The lowest BCUT2D eigenvalue weighted by atomic mass is 9.92. The average Bonchev–Trinajstić information content (AvgIpc) is 2.92. The Morgan fingerprint density at radius 3 is 2.49 bits per heavy atom. The van der Waals surface area contributed by atoms with E-state index in [0.717, 1.165) is 0 Å². The zero-order valence-electron chi connectivity index (χ0n) is 22.2. The summed E-state index contributed by atoms with van der Waals surface area (Å²) in [4.78, 5) is 60.5. The number of amides is 2. The maximum Gasteiger partial charge on any atom is 0.348 e. The lowest BCUT2D eigenvalue weighted by Gasteiger charge is -2.33. The van der Waals surface area contributed by atoms with Crippen LogP contribution in [0.3, 0.4) is 0 Å². The molecular formula is C27H34N4O8. The first-order valence-corrected chi connectivity index (χ1v) is 12.8. The summed E-state index contributed by atoms with van der Waals surface area (Å²) in [6.45, 7) is 6.35. The minimum absolute atomic E-state index is 0.100. The molecule has 3 rings (SSSR count). The zero-order valence-corrected chi connectivity index (χ0v) is 22.2. The van der Waals surface area contributed by atoms with Crippen LogP contribution in [0.1, 0.15) is 50.2 Å². The first-order chi connectivity index (χ1) is 18.5. The Bertz CT molecular complexity index is 1180. The molecule has 1 saturated heterocycles. The average molecular weight is 543 g/mol. The monoisotopic (exact) mass is 542 g/mol. The van der Waals surface area contributed by atoms with E-state index in [1.165, 1.54) is 32.2 Å². The number of aromatic nitrogens is 2. The van der Waals surface area contributed by atoms with Gasteiger partial charge < -0.3 is 30.3 Å². The van der Waals surface area contributed by atoms with Gasteiger partial charge in [-0.2, -0.15) is 0 Å². The fraction of sp³-hybridized carbons (Fsp3) is 0.481. The molecule has 3 heterocycles. The molecule has 0 spiro atoms. The molecule has 12 heteroatoms. The Kier molecular flexibility index (Phi) is 9.94. The summed E-state index contributed by atoms with van der Waals surface area (Å²) in [6.07, 6.45) is 1.06. The summed E-state index contributed by atoms with van der Waals surface area (Å²) in [7, 11) is 0. The van der Waals surface area contributed by atoms with E-state index in [2.05, 4.69) is 20.6 Å². The number of nitrogens with one attached hydrogen (secondary N) is 2.